The number of rotatable bonds is 4. The fourth-order valence-corrected chi connectivity index (χ4v) is 2.79. The van der Waals surface area contributed by atoms with Crippen molar-refractivity contribution in [2.75, 3.05) is 7.11 Å². The molecule has 0 aliphatic heterocycles. The number of aliphatic carboxylic acids is 1. The Morgan fingerprint density at radius 2 is 2.06 bits per heavy atom. The molecule has 1 aliphatic rings. The first-order chi connectivity index (χ1) is 8.63. The zero-order chi connectivity index (χ0) is 13.1. The highest BCUT2D eigenvalue weighted by Crippen LogP contribution is 2.44. The number of carboxylic acids is 1. The third-order valence-corrected chi connectivity index (χ3v) is 3.56. The van der Waals surface area contributed by atoms with E-state index in [2.05, 4.69) is 0 Å². The molecule has 4 nitrogen and oxygen atoms in total. The average molecular weight is 250 g/mol. The molecule has 1 aromatic carbocycles. The summed E-state index contributed by atoms with van der Waals surface area (Å²) >= 11 is 0. The number of hydrogen-bond acceptors (Lipinski definition) is 3. The van der Waals surface area contributed by atoms with Crippen molar-refractivity contribution in [3.05, 3.63) is 23.3 Å². The van der Waals surface area contributed by atoms with Gasteiger partial charge in [-0.15, -0.1) is 0 Å². The highest BCUT2D eigenvalue weighted by molar-refractivity contribution is 5.72. The third kappa shape index (κ3) is 2.42. The third-order valence-electron chi connectivity index (χ3n) is 3.56. The number of carboxylic acid groups (broad SMARTS) is 1. The predicted molar refractivity (Wildman–Crippen MR) is 67.2 cm³/mol. The van der Waals surface area contributed by atoms with Gasteiger partial charge in [0.05, 0.1) is 13.5 Å². The summed E-state index contributed by atoms with van der Waals surface area (Å²) in [5, 5.41) is 18.9. The minimum Gasteiger partial charge on any atom is -0.508 e. The smallest absolute Gasteiger partial charge is 0.307 e. The van der Waals surface area contributed by atoms with E-state index in [1.807, 2.05) is 0 Å². The van der Waals surface area contributed by atoms with Crippen LogP contribution in [0.2, 0.25) is 0 Å². The zero-order valence-corrected chi connectivity index (χ0v) is 10.5. The SMILES string of the molecule is COc1c(CC(=O)O)ccc(O)c1C1CCCC1. The van der Waals surface area contributed by atoms with Gasteiger partial charge in [-0.3, -0.25) is 4.79 Å². The average Bonchev–Trinajstić information content (AvgIpc) is 2.83. The van der Waals surface area contributed by atoms with Crippen molar-refractivity contribution in [3.8, 4) is 11.5 Å². The lowest BCUT2D eigenvalue weighted by molar-refractivity contribution is -0.136. The van der Waals surface area contributed by atoms with E-state index in [9.17, 15) is 9.90 Å². The van der Waals surface area contributed by atoms with Gasteiger partial charge in [0.1, 0.15) is 11.5 Å². The number of benzene rings is 1. The molecule has 98 valence electrons. The van der Waals surface area contributed by atoms with Crippen molar-refractivity contribution < 1.29 is 19.7 Å². The predicted octanol–water partition coefficient (Wildman–Crippen LogP) is 2.69. The number of phenols is 1. The maximum atomic E-state index is 10.8. The summed E-state index contributed by atoms with van der Waals surface area (Å²) in [6.45, 7) is 0. The number of ether oxygens (including phenoxy) is 1. The van der Waals surface area contributed by atoms with Crippen LogP contribution in [0.4, 0.5) is 0 Å². The number of hydrogen-bond donors (Lipinski definition) is 2. The van der Waals surface area contributed by atoms with E-state index in [0.29, 0.717) is 11.3 Å². The molecule has 0 spiro atoms. The Morgan fingerprint density at radius 1 is 1.39 bits per heavy atom. The van der Waals surface area contributed by atoms with E-state index in [-0.39, 0.29) is 18.1 Å². The first-order valence-electron chi connectivity index (χ1n) is 6.24. The monoisotopic (exact) mass is 250 g/mol. The van der Waals surface area contributed by atoms with Crippen LogP contribution in [0.3, 0.4) is 0 Å². The molecule has 1 saturated carbocycles. The van der Waals surface area contributed by atoms with Crippen LogP contribution < -0.4 is 4.74 Å². The molecule has 0 radical (unpaired) electrons. The summed E-state index contributed by atoms with van der Waals surface area (Å²) in [6, 6.07) is 3.20. The van der Waals surface area contributed by atoms with Gasteiger partial charge < -0.3 is 14.9 Å². The molecular weight excluding hydrogens is 232 g/mol. The lowest BCUT2D eigenvalue weighted by Crippen LogP contribution is -2.06. The Morgan fingerprint density at radius 3 is 2.61 bits per heavy atom. The minimum atomic E-state index is -0.892. The van der Waals surface area contributed by atoms with Crippen LogP contribution in [0.15, 0.2) is 12.1 Å². The van der Waals surface area contributed by atoms with Gasteiger partial charge in [0.15, 0.2) is 0 Å². The van der Waals surface area contributed by atoms with Crippen molar-refractivity contribution in [1.82, 2.24) is 0 Å². The van der Waals surface area contributed by atoms with Gasteiger partial charge in [0, 0.05) is 11.1 Å². The number of aromatic hydroxyl groups is 1. The second-order valence-corrected chi connectivity index (χ2v) is 4.74. The molecule has 1 aliphatic carbocycles. The van der Waals surface area contributed by atoms with Crippen LogP contribution in [0, 0.1) is 0 Å². The van der Waals surface area contributed by atoms with Crippen molar-refractivity contribution in [2.24, 2.45) is 0 Å². The maximum absolute atomic E-state index is 10.8. The molecule has 0 atom stereocenters. The van der Waals surface area contributed by atoms with Crippen molar-refractivity contribution >= 4 is 5.97 Å². The second kappa shape index (κ2) is 5.29. The molecule has 0 bridgehead atoms. The lowest BCUT2D eigenvalue weighted by atomic mass is 9.92. The summed E-state index contributed by atoms with van der Waals surface area (Å²) in [7, 11) is 1.53. The first kappa shape index (κ1) is 12.7. The van der Waals surface area contributed by atoms with E-state index in [0.717, 1.165) is 31.2 Å². The van der Waals surface area contributed by atoms with E-state index in [1.165, 1.54) is 7.11 Å². The summed E-state index contributed by atoms with van der Waals surface area (Å²) in [6.07, 6.45) is 4.27. The molecule has 1 aromatic rings. The summed E-state index contributed by atoms with van der Waals surface area (Å²) < 4.78 is 5.35. The molecular formula is C14H18O4. The van der Waals surface area contributed by atoms with Gasteiger partial charge in [-0.2, -0.15) is 0 Å². The molecule has 2 N–H and O–H groups in total. The number of phenolic OH excluding ortho intramolecular Hbond substituents is 1. The lowest BCUT2D eigenvalue weighted by Gasteiger charge is -2.18. The van der Waals surface area contributed by atoms with E-state index in [4.69, 9.17) is 9.84 Å². The minimum absolute atomic E-state index is 0.0802. The fourth-order valence-electron chi connectivity index (χ4n) is 2.79. The van der Waals surface area contributed by atoms with Gasteiger partial charge in [0.25, 0.3) is 0 Å². The Kier molecular flexibility index (Phi) is 3.75. The van der Waals surface area contributed by atoms with Crippen LogP contribution in [0.5, 0.6) is 11.5 Å². The Hall–Kier alpha value is -1.71. The van der Waals surface area contributed by atoms with Crippen LogP contribution >= 0.6 is 0 Å². The highest BCUT2D eigenvalue weighted by Gasteiger charge is 2.25. The molecule has 18 heavy (non-hydrogen) atoms. The summed E-state index contributed by atoms with van der Waals surface area (Å²) in [5.74, 6) is 0.155. The van der Waals surface area contributed by atoms with Gasteiger partial charge in [-0.1, -0.05) is 18.9 Å². The van der Waals surface area contributed by atoms with Crippen LogP contribution in [0.25, 0.3) is 0 Å². The fraction of sp³-hybridized carbons (Fsp3) is 0.500. The Labute approximate surface area is 106 Å². The van der Waals surface area contributed by atoms with Gasteiger partial charge in [-0.25, -0.2) is 0 Å². The van der Waals surface area contributed by atoms with E-state index < -0.39 is 5.97 Å². The van der Waals surface area contributed by atoms with Gasteiger partial charge in [-0.05, 0) is 24.8 Å². The number of carbonyl (C=O) groups is 1. The molecule has 0 saturated heterocycles. The van der Waals surface area contributed by atoms with Gasteiger partial charge >= 0.3 is 5.97 Å². The molecule has 0 aromatic heterocycles. The number of methoxy groups -OCH3 is 1. The normalized spacial score (nSPS) is 15.8. The highest BCUT2D eigenvalue weighted by atomic mass is 16.5. The molecule has 1 fully saturated rings. The first-order valence-corrected chi connectivity index (χ1v) is 6.24. The maximum Gasteiger partial charge on any atom is 0.307 e. The molecule has 0 unspecified atom stereocenters. The standard InChI is InChI=1S/C14H18O4/c1-18-14-10(8-12(16)17)6-7-11(15)13(14)9-4-2-3-5-9/h6-7,9,15H,2-5,8H2,1H3,(H,16,17). The summed E-state index contributed by atoms with van der Waals surface area (Å²) in [4.78, 5) is 10.8. The molecule has 0 heterocycles. The molecule has 0 amide bonds. The summed E-state index contributed by atoms with van der Waals surface area (Å²) in [5.41, 5.74) is 1.42. The van der Waals surface area contributed by atoms with Crippen LogP contribution in [-0.2, 0) is 11.2 Å². The Bertz CT molecular complexity index is 447. The van der Waals surface area contributed by atoms with Crippen LogP contribution in [0.1, 0.15) is 42.7 Å². The van der Waals surface area contributed by atoms with E-state index >= 15 is 0 Å². The second-order valence-electron chi connectivity index (χ2n) is 4.74. The topological polar surface area (TPSA) is 66.8 Å². The van der Waals surface area contributed by atoms with E-state index in [1.54, 1.807) is 12.1 Å². The molecule has 2 rings (SSSR count). The van der Waals surface area contributed by atoms with Gasteiger partial charge in [0.2, 0.25) is 0 Å². The van der Waals surface area contributed by atoms with Crippen LogP contribution in [-0.4, -0.2) is 23.3 Å². The van der Waals surface area contributed by atoms with Crippen molar-refractivity contribution in [1.29, 1.82) is 0 Å². The molecule has 4 heteroatoms. The zero-order valence-electron chi connectivity index (χ0n) is 10.5. The van der Waals surface area contributed by atoms with Crippen molar-refractivity contribution in [3.63, 3.8) is 0 Å². The largest absolute Gasteiger partial charge is 0.508 e. The van der Waals surface area contributed by atoms with Crippen molar-refractivity contribution in [2.45, 2.75) is 38.0 Å². The Balaban J connectivity index is 2.44. The quantitative estimate of drug-likeness (QED) is 0.862.